The fraction of sp³-hybridized carbons (Fsp3) is 0.211. The Morgan fingerprint density at radius 1 is 1.13 bits per heavy atom. The molecule has 1 aromatic heterocycles. The number of rotatable bonds is 7. The highest BCUT2D eigenvalue weighted by molar-refractivity contribution is 7.92. The monoisotopic (exact) mass is 468 g/mol. The molecular formula is C19H18F2N4O4S2. The molecule has 0 aliphatic heterocycles. The number of hydrogen-bond acceptors (Lipinski definition) is 7. The van der Waals surface area contributed by atoms with E-state index in [0.717, 1.165) is 35.3 Å². The number of anilines is 2. The second kappa shape index (κ2) is 8.94. The normalized spacial score (nSPS) is 12.3. The Labute approximate surface area is 181 Å². The van der Waals surface area contributed by atoms with E-state index in [-0.39, 0.29) is 10.8 Å². The van der Waals surface area contributed by atoms with Gasteiger partial charge in [-0.15, -0.1) is 10.2 Å². The number of hydrogen-bond donors (Lipinski definition) is 1. The van der Waals surface area contributed by atoms with E-state index in [1.165, 1.54) is 6.92 Å². The van der Waals surface area contributed by atoms with Gasteiger partial charge < -0.3 is 4.74 Å². The first-order valence-corrected chi connectivity index (χ1v) is 11.5. The van der Waals surface area contributed by atoms with Crippen LogP contribution in [0.4, 0.5) is 19.6 Å². The first-order valence-electron chi connectivity index (χ1n) is 8.83. The van der Waals surface area contributed by atoms with Crippen molar-refractivity contribution in [3.8, 4) is 16.3 Å². The van der Waals surface area contributed by atoms with Crippen LogP contribution in [0.1, 0.15) is 6.92 Å². The highest BCUT2D eigenvalue weighted by Crippen LogP contribution is 2.29. The molecule has 0 saturated heterocycles. The van der Waals surface area contributed by atoms with Crippen LogP contribution in [0.5, 0.6) is 5.75 Å². The minimum Gasteiger partial charge on any atom is -0.497 e. The summed E-state index contributed by atoms with van der Waals surface area (Å²) in [6.45, 7) is 1.32. The maximum absolute atomic E-state index is 13.6. The second-order valence-corrected chi connectivity index (χ2v) is 9.30. The number of sulfonamides is 1. The molecule has 0 fully saturated rings. The third kappa shape index (κ3) is 5.14. The number of nitrogens with one attached hydrogen (secondary N) is 1. The lowest BCUT2D eigenvalue weighted by molar-refractivity contribution is -0.116. The average Bonchev–Trinajstić information content (AvgIpc) is 3.18. The number of aromatic nitrogens is 2. The molecule has 1 unspecified atom stereocenters. The van der Waals surface area contributed by atoms with Crippen LogP contribution in [-0.2, 0) is 14.8 Å². The van der Waals surface area contributed by atoms with Gasteiger partial charge in [0.25, 0.3) is 0 Å². The Morgan fingerprint density at radius 3 is 2.39 bits per heavy atom. The van der Waals surface area contributed by atoms with Crippen LogP contribution in [0.15, 0.2) is 42.5 Å². The van der Waals surface area contributed by atoms with Crippen LogP contribution in [-0.4, -0.2) is 43.9 Å². The number of carbonyl (C=O) groups excluding carboxylic acids is 1. The largest absolute Gasteiger partial charge is 0.497 e. The molecule has 0 radical (unpaired) electrons. The SMILES string of the molecule is COc1ccc(-c2nnc(NC(=O)C(C)N(c3ccc(F)c(F)c3)S(C)(=O)=O)s2)cc1. The predicted octanol–water partition coefficient (Wildman–Crippen LogP) is 3.29. The summed E-state index contributed by atoms with van der Waals surface area (Å²) >= 11 is 1.09. The number of halogens is 2. The maximum Gasteiger partial charge on any atom is 0.249 e. The van der Waals surface area contributed by atoms with Gasteiger partial charge in [0.2, 0.25) is 21.1 Å². The van der Waals surface area contributed by atoms with Gasteiger partial charge in [-0.05, 0) is 43.3 Å². The molecule has 8 nitrogen and oxygen atoms in total. The van der Waals surface area contributed by atoms with Crippen molar-refractivity contribution in [3.05, 3.63) is 54.1 Å². The molecule has 3 rings (SSSR count). The summed E-state index contributed by atoms with van der Waals surface area (Å²) in [6.07, 6.45) is 0.866. The molecule has 0 bridgehead atoms. The molecule has 3 aromatic rings. The van der Waals surface area contributed by atoms with Crippen molar-refractivity contribution in [2.24, 2.45) is 0 Å². The van der Waals surface area contributed by atoms with E-state index in [4.69, 9.17) is 4.74 Å². The third-order valence-electron chi connectivity index (χ3n) is 4.24. The Hall–Kier alpha value is -3.12. The van der Waals surface area contributed by atoms with Crippen LogP contribution in [0.25, 0.3) is 10.6 Å². The minimum atomic E-state index is -3.99. The van der Waals surface area contributed by atoms with Gasteiger partial charge in [0.1, 0.15) is 16.8 Å². The fourth-order valence-electron chi connectivity index (χ4n) is 2.76. The molecule has 0 aliphatic carbocycles. The van der Waals surface area contributed by atoms with E-state index < -0.39 is 33.6 Å². The molecule has 1 atom stereocenters. The summed E-state index contributed by atoms with van der Waals surface area (Å²) in [4.78, 5) is 12.7. The smallest absolute Gasteiger partial charge is 0.249 e. The van der Waals surface area contributed by atoms with Crippen molar-refractivity contribution in [3.63, 3.8) is 0 Å². The van der Waals surface area contributed by atoms with Crippen LogP contribution in [0, 0.1) is 11.6 Å². The summed E-state index contributed by atoms with van der Waals surface area (Å²) in [5, 5.41) is 11.1. The van der Waals surface area contributed by atoms with Crippen molar-refractivity contribution in [2.75, 3.05) is 23.0 Å². The molecule has 2 aromatic carbocycles. The second-order valence-electron chi connectivity index (χ2n) is 6.46. The van der Waals surface area contributed by atoms with Gasteiger partial charge in [-0.3, -0.25) is 14.4 Å². The summed E-state index contributed by atoms with van der Waals surface area (Å²) in [7, 11) is -2.44. The molecule has 31 heavy (non-hydrogen) atoms. The van der Waals surface area contributed by atoms with Gasteiger partial charge in [0.05, 0.1) is 19.1 Å². The number of carbonyl (C=O) groups is 1. The van der Waals surface area contributed by atoms with Crippen LogP contribution in [0.3, 0.4) is 0 Å². The predicted molar refractivity (Wildman–Crippen MR) is 114 cm³/mol. The highest BCUT2D eigenvalue weighted by atomic mass is 32.2. The van der Waals surface area contributed by atoms with Crippen LogP contribution < -0.4 is 14.4 Å². The van der Waals surface area contributed by atoms with Crippen LogP contribution >= 0.6 is 11.3 Å². The number of methoxy groups -OCH3 is 1. The number of ether oxygens (including phenoxy) is 1. The Balaban J connectivity index is 1.81. The number of benzene rings is 2. The van der Waals surface area contributed by atoms with E-state index in [0.29, 0.717) is 21.1 Å². The van der Waals surface area contributed by atoms with Gasteiger partial charge in [0, 0.05) is 11.6 Å². The van der Waals surface area contributed by atoms with Crippen molar-refractivity contribution >= 4 is 38.1 Å². The van der Waals surface area contributed by atoms with Crippen LogP contribution in [0.2, 0.25) is 0 Å². The highest BCUT2D eigenvalue weighted by Gasteiger charge is 2.30. The lowest BCUT2D eigenvalue weighted by Gasteiger charge is -2.27. The summed E-state index contributed by atoms with van der Waals surface area (Å²) in [5.41, 5.74) is 0.576. The fourth-order valence-corrected chi connectivity index (χ4v) is 4.68. The van der Waals surface area contributed by atoms with Crippen molar-refractivity contribution in [1.82, 2.24) is 10.2 Å². The summed E-state index contributed by atoms with van der Waals surface area (Å²) in [5.74, 6) is -2.40. The Morgan fingerprint density at radius 2 is 1.81 bits per heavy atom. The van der Waals surface area contributed by atoms with E-state index >= 15 is 0 Å². The molecule has 0 aliphatic rings. The molecule has 0 spiro atoms. The summed E-state index contributed by atoms with van der Waals surface area (Å²) in [6, 6.07) is 8.38. The standard InChI is InChI=1S/C19H18F2N4O4S2/c1-11(25(31(3,27)28)13-6-9-15(20)16(21)10-13)17(26)22-19-24-23-18(30-19)12-4-7-14(29-2)8-5-12/h4-11H,1-3H3,(H,22,24,26). The molecule has 1 heterocycles. The zero-order valence-corrected chi connectivity index (χ0v) is 18.3. The maximum atomic E-state index is 13.6. The molecule has 0 saturated carbocycles. The Kier molecular flexibility index (Phi) is 6.51. The van der Waals surface area contributed by atoms with E-state index in [1.54, 1.807) is 31.4 Å². The average molecular weight is 469 g/mol. The topological polar surface area (TPSA) is 101 Å². The lowest BCUT2D eigenvalue weighted by Crippen LogP contribution is -2.45. The molecule has 12 heteroatoms. The van der Waals surface area contributed by atoms with E-state index in [1.807, 2.05) is 0 Å². The molecule has 1 N–H and O–H groups in total. The van der Waals surface area contributed by atoms with E-state index in [9.17, 15) is 22.0 Å². The van der Waals surface area contributed by atoms with Gasteiger partial charge in [-0.2, -0.15) is 0 Å². The van der Waals surface area contributed by atoms with E-state index in [2.05, 4.69) is 15.5 Å². The zero-order valence-electron chi connectivity index (χ0n) is 16.7. The minimum absolute atomic E-state index is 0.154. The first kappa shape index (κ1) is 22.6. The summed E-state index contributed by atoms with van der Waals surface area (Å²) < 4.78 is 57.2. The van der Waals surface area contributed by atoms with Crippen molar-refractivity contribution < 1.29 is 26.7 Å². The van der Waals surface area contributed by atoms with Gasteiger partial charge >= 0.3 is 0 Å². The number of amides is 1. The molecule has 1 amide bonds. The first-order chi connectivity index (χ1) is 14.6. The zero-order chi connectivity index (χ0) is 22.8. The molecule has 164 valence electrons. The third-order valence-corrected chi connectivity index (χ3v) is 6.37. The Bertz CT molecular complexity index is 1200. The van der Waals surface area contributed by atoms with Gasteiger partial charge in [-0.25, -0.2) is 17.2 Å². The number of nitrogens with zero attached hydrogens (tertiary/aromatic N) is 3. The quantitative estimate of drug-likeness (QED) is 0.571. The molecular weight excluding hydrogens is 450 g/mol. The van der Waals surface area contributed by atoms with Crippen molar-refractivity contribution in [2.45, 2.75) is 13.0 Å². The van der Waals surface area contributed by atoms with Crippen molar-refractivity contribution in [1.29, 1.82) is 0 Å². The van der Waals surface area contributed by atoms with Gasteiger partial charge in [0.15, 0.2) is 11.6 Å². The van der Waals surface area contributed by atoms with Gasteiger partial charge in [-0.1, -0.05) is 11.3 Å². The lowest BCUT2D eigenvalue weighted by atomic mass is 10.2.